The number of hydrogen-bond acceptors (Lipinski definition) is 5. The number of carbonyl (C=O) groups excluding carboxylic acids is 1. The second-order valence-electron chi connectivity index (χ2n) is 3.54. The van der Waals surface area contributed by atoms with Crippen LogP contribution in [0.1, 0.15) is 34.3 Å². The summed E-state index contributed by atoms with van der Waals surface area (Å²) in [5.41, 5.74) is 5.41. The first-order valence-corrected chi connectivity index (χ1v) is 6.07. The fraction of sp³-hybridized carbons (Fsp3) is 0.273. The first kappa shape index (κ1) is 11.8. The summed E-state index contributed by atoms with van der Waals surface area (Å²) in [5, 5.41) is 5.55. The fourth-order valence-electron chi connectivity index (χ4n) is 1.39. The molecule has 0 saturated heterocycles. The van der Waals surface area contributed by atoms with Crippen LogP contribution in [-0.4, -0.2) is 10.9 Å². The molecule has 2 heterocycles. The van der Waals surface area contributed by atoms with E-state index in [1.54, 1.807) is 18.3 Å². The molecule has 3 N–H and O–H groups in total. The van der Waals surface area contributed by atoms with Gasteiger partial charge in [0.1, 0.15) is 10.8 Å². The van der Waals surface area contributed by atoms with Gasteiger partial charge in [0.15, 0.2) is 5.76 Å². The van der Waals surface area contributed by atoms with Crippen molar-refractivity contribution in [1.29, 1.82) is 0 Å². The number of hydrogen-bond donors (Lipinski definition) is 2. The van der Waals surface area contributed by atoms with Crippen LogP contribution in [0.3, 0.4) is 0 Å². The molecule has 1 atom stereocenters. The van der Waals surface area contributed by atoms with Crippen LogP contribution in [0, 0.1) is 0 Å². The van der Waals surface area contributed by atoms with Crippen LogP contribution in [0.25, 0.3) is 0 Å². The number of nitrogens with one attached hydrogen (secondary N) is 1. The summed E-state index contributed by atoms with van der Waals surface area (Å²) in [7, 11) is 0. The Bertz CT molecular complexity index is 493. The SMILES string of the molecule is CC(NC(=O)c1ccc(CN)o1)c1nccs1. The third kappa shape index (κ3) is 2.72. The molecule has 2 rings (SSSR count). The molecule has 0 aliphatic heterocycles. The highest BCUT2D eigenvalue weighted by atomic mass is 32.1. The molecular weight excluding hydrogens is 238 g/mol. The summed E-state index contributed by atoms with van der Waals surface area (Å²) < 4.78 is 5.26. The van der Waals surface area contributed by atoms with Gasteiger partial charge in [0.05, 0.1) is 12.6 Å². The quantitative estimate of drug-likeness (QED) is 0.866. The van der Waals surface area contributed by atoms with Gasteiger partial charge >= 0.3 is 0 Å². The fourth-order valence-corrected chi connectivity index (χ4v) is 2.03. The largest absolute Gasteiger partial charge is 0.455 e. The molecule has 2 aromatic heterocycles. The van der Waals surface area contributed by atoms with Crippen molar-refractivity contribution in [2.24, 2.45) is 5.73 Å². The van der Waals surface area contributed by atoms with E-state index in [1.165, 1.54) is 11.3 Å². The summed E-state index contributed by atoms with van der Waals surface area (Å²) in [6.07, 6.45) is 1.71. The Kier molecular flexibility index (Phi) is 3.55. The monoisotopic (exact) mass is 251 g/mol. The Labute approximate surface area is 103 Å². The zero-order valence-corrected chi connectivity index (χ0v) is 10.2. The highest BCUT2D eigenvalue weighted by Gasteiger charge is 2.15. The first-order chi connectivity index (χ1) is 8.20. The number of carbonyl (C=O) groups is 1. The highest BCUT2D eigenvalue weighted by molar-refractivity contribution is 7.09. The first-order valence-electron chi connectivity index (χ1n) is 5.19. The number of rotatable bonds is 4. The zero-order valence-electron chi connectivity index (χ0n) is 9.34. The second kappa shape index (κ2) is 5.11. The van der Waals surface area contributed by atoms with E-state index < -0.39 is 0 Å². The molecule has 5 nitrogen and oxygen atoms in total. The maximum atomic E-state index is 11.8. The summed E-state index contributed by atoms with van der Waals surface area (Å²) >= 11 is 1.50. The maximum absolute atomic E-state index is 11.8. The molecule has 0 spiro atoms. The van der Waals surface area contributed by atoms with Crippen LogP contribution in [0.2, 0.25) is 0 Å². The third-order valence-electron chi connectivity index (χ3n) is 2.26. The zero-order chi connectivity index (χ0) is 12.3. The summed E-state index contributed by atoms with van der Waals surface area (Å²) in [6, 6.07) is 3.18. The predicted molar refractivity (Wildman–Crippen MR) is 64.6 cm³/mol. The lowest BCUT2D eigenvalue weighted by Crippen LogP contribution is -2.26. The predicted octanol–water partition coefficient (Wildman–Crippen LogP) is 1.69. The highest BCUT2D eigenvalue weighted by Crippen LogP contribution is 2.16. The Morgan fingerprint density at radius 2 is 2.47 bits per heavy atom. The molecule has 0 bridgehead atoms. The number of nitrogens with zero attached hydrogens (tertiary/aromatic N) is 1. The minimum atomic E-state index is -0.257. The van der Waals surface area contributed by atoms with Gasteiger partial charge in [0.25, 0.3) is 5.91 Å². The molecule has 0 radical (unpaired) electrons. The van der Waals surface area contributed by atoms with E-state index in [4.69, 9.17) is 10.2 Å². The molecular formula is C11H13N3O2S. The molecule has 2 aromatic rings. The maximum Gasteiger partial charge on any atom is 0.287 e. The lowest BCUT2D eigenvalue weighted by Gasteiger charge is -2.09. The molecule has 90 valence electrons. The van der Waals surface area contributed by atoms with Crippen LogP contribution in [0.5, 0.6) is 0 Å². The molecule has 1 amide bonds. The van der Waals surface area contributed by atoms with E-state index >= 15 is 0 Å². The standard InChI is InChI=1S/C11H13N3O2S/c1-7(11-13-4-5-17-11)14-10(15)9-3-2-8(6-12)16-9/h2-5,7H,6,12H2,1H3,(H,14,15). The van der Waals surface area contributed by atoms with Crippen LogP contribution >= 0.6 is 11.3 Å². The van der Waals surface area contributed by atoms with Gasteiger partial charge in [-0.3, -0.25) is 4.79 Å². The normalized spacial score (nSPS) is 12.4. The smallest absolute Gasteiger partial charge is 0.287 e. The van der Waals surface area contributed by atoms with Gasteiger partial charge < -0.3 is 15.5 Å². The van der Waals surface area contributed by atoms with Gasteiger partial charge in [-0.05, 0) is 19.1 Å². The molecule has 17 heavy (non-hydrogen) atoms. The van der Waals surface area contributed by atoms with Crippen molar-refractivity contribution in [3.05, 3.63) is 40.2 Å². The Hall–Kier alpha value is -1.66. The van der Waals surface area contributed by atoms with Crippen LogP contribution in [0.15, 0.2) is 28.1 Å². The lowest BCUT2D eigenvalue weighted by atomic mass is 10.3. The molecule has 1 unspecified atom stereocenters. The summed E-state index contributed by atoms with van der Waals surface area (Å²) in [6.45, 7) is 2.17. The van der Waals surface area contributed by atoms with Gasteiger partial charge in [-0.1, -0.05) is 0 Å². The second-order valence-corrected chi connectivity index (χ2v) is 4.46. The van der Waals surface area contributed by atoms with E-state index in [0.29, 0.717) is 5.76 Å². The Morgan fingerprint density at radius 3 is 3.06 bits per heavy atom. The number of amides is 1. The van der Waals surface area contributed by atoms with E-state index in [0.717, 1.165) is 5.01 Å². The van der Waals surface area contributed by atoms with Crippen LogP contribution in [0.4, 0.5) is 0 Å². The van der Waals surface area contributed by atoms with Crippen molar-refractivity contribution < 1.29 is 9.21 Å². The van der Waals surface area contributed by atoms with Crippen LogP contribution in [-0.2, 0) is 6.54 Å². The minimum absolute atomic E-state index is 0.131. The molecule has 6 heteroatoms. The van der Waals surface area contributed by atoms with E-state index in [1.807, 2.05) is 12.3 Å². The van der Waals surface area contributed by atoms with E-state index in [2.05, 4.69) is 10.3 Å². The topological polar surface area (TPSA) is 81.2 Å². The van der Waals surface area contributed by atoms with Crippen molar-refractivity contribution in [3.8, 4) is 0 Å². The van der Waals surface area contributed by atoms with Crippen molar-refractivity contribution in [2.75, 3.05) is 0 Å². The summed E-state index contributed by atoms with van der Waals surface area (Å²) in [4.78, 5) is 15.9. The van der Waals surface area contributed by atoms with E-state index in [9.17, 15) is 4.79 Å². The van der Waals surface area contributed by atoms with Gasteiger partial charge in [0, 0.05) is 11.6 Å². The average molecular weight is 251 g/mol. The van der Waals surface area contributed by atoms with E-state index in [-0.39, 0.29) is 24.3 Å². The van der Waals surface area contributed by atoms with Crippen molar-refractivity contribution in [3.63, 3.8) is 0 Å². The number of aromatic nitrogens is 1. The summed E-state index contributed by atoms with van der Waals surface area (Å²) in [5.74, 6) is 0.610. The van der Waals surface area contributed by atoms with Crippen LogP contribution < -0.4 is 11.1 Å². The Morgan fingerprint density at radius 1 is 1.65 bits per heavy atom. The van der Waals surface area contributed by atoms with Gasteiger partial charge in [-0.15, -0.1) is 11.3 Å². The van der Waals surface area contributed by atoms with Crippen molar-refractivity contribution in [2.45, 2.75) is 19.5 Å². The number of nitrogens with two attached hydrogens (primary N) is 1. The molecule has 0 aliphatic carbocycles. The molecule has 0 saturated carbocycles. The van der Waals surface area contributed by atoms with Crippen molar-refractivity contribution in [1.82, 2.24) is 10.3 Å². The minimum Gasteiger partial charge on any atom is -0.455 e. The average Bonchev–Trinajstić information content (AvgIpc) is 3.00. The molecule has 0 fully saturated rings. The Balaban J connectivity index is 2.01. The van der Waals surface area contributed by atoms with Gasteiger partial charge in [0.2, 0.25) is 0 Å². The number of furan rings is 1. The van der Waals surface area contributed by atoms with Crippen molar-refractivity contribution >= 4 is 17.2 Å². The lowest BCUT2D eigenvalue weighted by molar-refractivity contribution is 0.0910. The third-order valence-corrected chi connectivity index (χ3v) is 3.21. The van der Waals surface area contributed by atoms with Gasteiger partial charge in [-0.25, -0.2) is 4.98 Å². The number of thiazole rings is 1. The van der Waals surface area contributed by atoms with Gasteiger partial charge in [-0.2, -0.15) is 0 Å². The molecule has 0 aromatic carbocycles. The molecule has 0 aliphatic rings.